The largest absolute Gasteiger partial charge is 0.436 e. The summed E-state index contributed by atoms with van der Waals surface area (Å²) in [5.74, 6) is 0.616. The fourth-order valence-electron chi connectivity index (χ4n) is 6.23. The summed E-state index contributed by atoms with van der Waals surface area (Å²) in [5, 5.41) is 12.4. The van der Waals surface area contributed by atoms with Crippen molar-refractivity contribution in [2.75, 3.05) is 0 Å². The molecule has 0 saturated carbocycles. The number of hydrogen-bond donors (Lipinski definition) is 0. The number of rotatable bonds is 5. The number of para-hydroxylation sites is 3. The van der Waals surface area contributed by atoms with E-state index in [9.17, 15) is 5.26 Å². The standard InChI is InChI=1S/C43H25N3OS/c44-26-27-9-10-34-22-33(20-19-32(34)21-27)28-11-13-29(14-12-28)35-23-36(25-37(24-35)43-46-39-6-2-4-8-41(39)48-43)30-15-17-31(18-16-30)42-45-38-5-1-3-7-40(38)47-42/h1-25H. The van der Waals surface area contributed by atoms with Crippen LogP contribution in [-0.2, 0) is 0 Å². The van der Waals surface area contributed by atoms with Gasteiger partial charge >= 0.3 is 0 Å². The lowest BCUT2D eigenvalue weighted by atomic mass is 9.94. The third-order valence-electron chi connectivity index (χ3n) is 8.75. The first-order valence-corrected chi connectivity index (χ1v) is 16.5. The van der Waals surface area contributed by atoms with E-state index in [0.29, 0.717) is 11.5 Å². The first-order chi connectivity index (χ1) is 23.7. The molecule has 0 aliphatic carbocycles. The minimum absolute atomic E-state index is 0.616. The molecule has 0 radical (unpaired) electrons. The third-order valence-corrected chi connectivity index (χ3v) is 9.84. The van der Waals surface area contributed by atoms with Crippen LogP contribution < -0.4 is 0 Å². The number of oxazole rings is 1. The first kappa shape index (κ1) is 27.9. The number of nitriles is 1. The number of fused-ring (bicyclic) bond motifs is 3. The van der Waals surface area contributed by atoms with Crippen molar-refractivity contribution in [2.45, 2.75) is 0 Å². The van der Waals surface area contributed by atoms with Gasteiger partial charge in [-0.25, -0.2) is 9.97 Å². The van der Waals surface area contributed by atoms with Gasteiger partial charge in [0.15, 0.2) is 5.58 Å². The smallest absolute Gasteiger partial charge is 0.227 e. The molecule has 5 heteroatoms. The second-order valence-electron chi connectivity index (χ2n) is 11.8. The highest BCUT2D eigenvalue weighted by Crippen LogP contribution is 2.38. The Balaban J connectivity index is 1.10. The number of benzene rings is 7. The van der Waals surface area contributed by atoms with Crippen LogP contribution in [0.4, 0.5) is 0 Å². The third kappa shape index (κ3) is 5.11. The van der Waals surface area contributed by atoms with Crippen LogP contribution in [0.1, 0.15) is 5.56 Å². The fraction of sp³-hybridized carbons (Fsp3) is 0. The molecule has 48 heavy (non-hydrogen) atoms. The molecule has 0 bridgehead atoms. The van der Waals surface area contributed by atoms with Gasteiger partial charge < -0.3 is 4.42 Å². The zero-order valence-corrected chi connectivity index (χ0v) is 26.4. The van der Waals surface area contributed by atoms with Crippen molar-refractivity contribution in [1.82, 2.24) is 9.97 Å². The summed E-state index contributed by atoms with van der Waals surface area (Å²) in [6, 6.07) is 54.4. The summed E-state index contributed by atoms with van der Waals surface area (Å²) in [6.07, 6.45) is 0. The minimum Gasteiger partial charge on any atom is -0.436 e. The molecule has 9 rings (SSSR count). The Morgan fingerprint density at radius 3 is 1.77 bits per heavy atom. The Bertz CT molecular complexity index is 2610. The number of thiazole rings is 1. The molecule has 0 unspecified atom stereocenters. The van der Waals surface area contributed by atoms with E-state index in [0.717, 1.165) is 76.9 Å². The predicted molar refractivity (Wildman–Crippen MR) is 197 cm³/mol. The Labute approximate surface area is 280 Å². The average Bonchev–Trinajstić information content (AvgIpc) is 3.80. The summed E-state index contributed by atoms with van der Waals surface area (Å²) in [4.78, 5) is 9.68. The van der Waals surface area contributed by atoms with E-state index in [1.165, 1.54) is 4.70 Å². The number of aromatic nitrogens is 2. The normalized spacial score (nSPS) is 11.3. The summed E-state index contributed by atoms with van der Waals surface area (Å²) in [7, 11) is 0. The van der Waals surface area contributed by atoms with Gasteiger partial charge in [0.1, 0.15) is 10.5 Å². The van der Waals surface area contributed by atoms with Crippen molar-refractivity contribution in [3.05, 3.63) is 157 Å². The van der Waals surface area contributed by atoms with Gasteiger partial charge in [-0.15, -0.1) is 11.3 Å². The number of nitrogens with zero attached hydrogens (tertiary/aromatic N) is 3. The number of hydrogen-bond acceptors (Lipinski definition) is 5. The molecule has 0 fully saturated rings. The van der Waals surface area contributed by atoms with Gasteiger partial charge in [0.25, 0.3) is 0 Å². The molecule has 7 aromatic carbocycles. The van der Waals surface area contributed by atoms with Crippen LogP contribution in [-0.4, -0.2) is 9.97 Å². The average molecular weight is 632 g/mol. The topological polar surface area (TPSA) is 62.7 Å². The zero-order valence-electron chi connectivity index (χ0n) is 25.6. The lowest BCUT2D eigenvalue weighted by molar-refractivity contribution is 0.620. The maximum absolute atomic E-state index is 9.26. The van der Waals surface area contributed by atoms with Gasteiger partial charge in [0.05, 0.1) is 21.8 Å². The van der Waals surface area contributed by atoms with Crippen LogP contribution in [0.5, 0.6) is 0 Å². The van der Waals surface area contributed by atoms with Crippen molar-refractivity contribution >= 4 is 43.4 Å². The summed E-state index contributed by atoms with van der Waals surface area (Å²) < 4.78 is 7.20. The molecule has 0 N–H and O–H groups in total. The van der Waals surface area contributed by atoms with Gasteiger partial charge in [-0.2, -0.15) is 5.26 Å². The summed E-state index contributed by atoms with van der Waals surface area (Å²) in [6.45, 7) is 0. The van der Waals surface area contributed by atoms with Crippen molar-refractivity contribution in [1.29, 1.82) is 5.26 Å². The summed E-state index contributed by atoms with van der Waals surface area (Å²) >= 11 is 1.71. The molecule has 0 amide bonds. The monoisotopic (exact) mass is 631 g/mol. The molecule has 0 atom stereocenters. The van der Waals surface area contributed by atoms with Crippen LogP contribution in [0.25, 0.3) is 87.5 Å². The van der Waals surface area contributed by atoms with Crippen molar-refractivity contribution in [3.63, 3.8) is 0 Å². The minimum atomic E-state index is 0.616. The Hall–Kier alpha value is -6.35. The lowest BCUT2D eigenvalue weighted by Gasteiger charge is -2.11. The highest BCUT2D eigenvalue weighted by molar-refractivity contribution is 7.21. The van der Waals surface area contributed by atoms with E-state index in [2.05, 4.69) is 114 Å². The van der Waals surface area contributed by atoms with E-state index < -0.39 is 0 Å². The molecular formula is C43H25N3OS. The lowest BCUT2D eigenvalue weighted by Crippen LogP contribution is -1.87. The highest BCUT2D eigenvalue weighted by Gasteiger charge is 2.13. The maximum Gasteiger partial charge on any atom is 0.227 e. The van der Waals surface area contributed by atoms with Crippen LogP contribution in [0.3, 0.4) is 0 Å². The van der Waals surface area contributed by atoms with Crippen LogP contribution >= 0.6 is 11.3 Å². The van der Waals surface area contributed by atoms with Crippen molar-refractivity contribution < 1.29 is 4.42 Å². The molecule has 2 aromatic heterocycles. The van der Waals surface area contributed by atoms with Crippen LogP contribution in [0.2, 0.25) is 0 Å². The van der Waals surface area contributed by atoms with Crippen molar-refractivity contribution in [2.24, 2.45) is 0 Å². The quantitative estimate of drug-likeness (QED) is 0.190. The molecule has 0 aliphatic rings. The van der Waals surface area contributed by atoms with Crippen molar-refractivity contribution in [3.8, 4) is 61.5 Å². The second kappa shape index (κ2) is 11.5. The highest BCUT2D eigenvalue weighted by atomic mass is 32.1. The van der Waals surface area contributed by atoms with E-state index in [1.54, 1.807) is 11.3 Å². The molecule has 0 spiro atoms. The zero-order chi connectivity index (χ0) is 32.0. The molecule has 9 aromatic rings. The molecule has 0 aliphatic heterocycles. The second-order valence-corrected chi connectivity index (χ2v) is 12.8. The SMILES string of the molecule is N#Cc1ccc2cc(-c3ccc(-c4cc(-c5ccc(-c6nc7ccccc7o6)cc5)cc(-c5nc6ccccc6s5)c4)cc3)ccc2c1. The molecule has 4 nitrogen and oxygen atoms in total. The summed E-state index contributed by atoms with van der Waals surface area (Å²) in [5.41, 5.74) is 12.1. The van der Waals surface area contributed by atoms with E-state index in [-0.39, 0.29) is 0 Å². The predicted octanol–water partition coefficient (Wildman–Crippen LogP) is 11.8. The van der Waals surface area contributed by atoms with Gasteiger partial charge in [-0.05, 0) is 117 Å². The fourth-order valence-corrected chi connectivity index (χ4v) is 7.18. The molecule has 224 valence electrons. The van der Waals surface area contributed by atoms with Gasteiger partial charge in [-0.3, -0.25) is 0 Å². The molecule has 2 heterocycles. The Kier molecular flexibility index (Phi) is 6.67. The Morgan fingerprint density at radius 2 is 1.06 bits per heavy atom. The molecule has 0 saturated heterocycles. The van der Waals surface area contributed by atoms with E-state index in [4.69, 9.17) is 9.40 Å². The van der Waals surface area contributed by atoms with Gasteiger partial charge in [-0.1, -0.05) is 78.9 Å². The van der Waals surface area contributed by atoms with Crippen LogP contribution in [0.15, 0.2) is 156 Å². The van der Waals surface area contributed by atoms with Gasteiger partial charge in [0, 0.05) is 11.1 Å². The van der Waals surface area contributed by atoms with E-state index >= 15 is 0 Å². The van der Waals surface area contributed by atoms with Crippen LogP contribution in [0, 0.1) is 11.3 Å². The maximum atomic E-state index is 9.26. The van der Waals surface area contributed by atoms with E-state index in [1.807, 2.05) is 48.5 Å². The van der Waals surface area contributed by atoms with Gasteiger partial charge in [0.2, 0.25) is 5.89 Å². The first-order valence-electron chi connectivity index (χ1n) is 15.7. The molecular weight excluding hydrogens is 607 g/mol. The Morgan fingerprint density at radius 1 is 0.479 bits per heavy atom.